The maximum Gasteiger partial charge on any atom is 0.317 e. The van der Waals surface area contributed by atoms with Crippen LogP contribution in [0.5, 0.6) is 0 Å². The second-order valence-corrected chi connectivity index (χ2v) is 8.59. The molecule has 2 aliphatic carbocycles. The molecule has 2 aromatic heterocycles. The number of likely N-dealkylation sites (tertiary alicyclic amines) is 1. The van der Waals surface area contributed by atoms with Gasteiger partial charge in [-0.3, -0.25) is 0 Å². The minimum Gasteiger partial charge on any atom is -0.335 e. The van der Waals surface area contributed by atoms with Crippen LogP contribution in [0.25, 0.3) is 11.2 Å². The fraction of sp³-hybridized carbons (Fsp3) is 0.667. The molecule has 3 fully saturated rings. The Morgan fingerprint density at radius 1 is 1.15 bits per heavy atom. The molecular weight excluding hydrogens is 338 g/mol. The summed E-state index contributed by atoms with van der Waals surface area (Å²) in [4.78, 5) is 24.2. The van der Waals surface area contributed by atoms with E-state index in [9.17, 15) is 4.79 Å². The van der Waals surface area contributed by atoms with Crippen LogP contribution in [-0.2, 0) is 6.54 Å². The summed E-state index contributed by atoms with van der Waals surface area (Å²) in [6.07, 6.45) is 11.4. The number of imidazole rings is 1. The Balaban J connectivity index is 1.30. The van der Waals surface area contributed by atoms with Crippen LogP contribution >= 0.6 is 0 Å². The molecule has 0 aromatic carbocycles. The summed E-state index contributed by atoms with van der Waals surface area (Å²) < 4.78 is 2.34. The molecule has 3 aliphatic rings. The summed E-state index contributed by atoms with van der Waals surface area (Å²) in [5, 5.41) is 3.25. The Labute approximate surface area is 160 Å². The highest BCUT2D eigenvalue weighted by molar-refractivity contribution is 5.74. The van der Waals surface area contributed by atoms with Crippen molar-refractivity contribution in [1.29, 1.82) is 0 Å². The largest absolute Gasteiger partial charge is 0.335 e. The van der Waals surface area contributed by atoms with Crippen molar-refractivity contribution in [1.82, 2.24) is 24.8 Å². The first kappa shape index (κ1) is 17.0. The standard InChI is InChI=1S/C21H29N5O/c27-21(23-17-6-1-2-7-17)25-12-4-5-15(13-25)14-26-19(16-9-10-16)24-18-8-3-11-22-20(18)26/h3,8,11,15-17H,1-2,4-7,9-10,12-14H2,(H,23,27). The number of pyridine rings is 1. The number of nitrogens with one attached hydrogen (secondary N) is 1. The molecule has 0 spiro atoms. The molecule has 1 saturated heterocycles. The molecule has 0 radical (unpaired) electrons. The zero-order valence-electron chi connectivity index (χ0n) is 15.9. The van der Waals surface area contributed by atoms with Crippen molar-refractivity contribution >= 4 is 17.2 Å². The predicted molar refractivity (Wildman–Crippen MR) is 105 cm³/mol. The van der Waals surface area contributed by atoms with Crippen molar-refractivity contribution in [3.63, 3.8) is 0 Å². The quantitative estimate of drug-likeness (QED) is 0.897. The van der Waals surface area contributed by atoms with Gasteiger partial charge >= 0.3 is 6.03 Å². The SMILES string of the molecule is O=C(NC1CCCC1)N1CCCC(Cn2c(C3CC3)nc3cccnc32)C1. The Morgan fingerprint density at radius 2 is 2.00 bits per heavy atom. The summed E-state index contributed by atoms with van der Waals surface area (Å²) in [6.45, 7) is 2.65. The maximum atomic E-state index is 12.7. The lowest BCUT2D eigenvalue weighted by Crippen LogP contribution is -2.48. The van der Waals surface area contributed by atoms with Crippen LogP contribution in [0.15, 0.2) is 18.3 Å². The molecule has 1 unspecified atom stereocenters. The number of aromatic nitrogens is 3. The van der Waals surface area contributed by atoms with Crippen LogP contribution in [0, 0.1) is 5.92 Å². The van der Waals surface area contributed by atoms with Gasteiger partial charge in [-0.25, -0.2) is 14.8 Å². The van der Waals surface area contributed by atoms with E-state index in [1.54, 1.807) is 0 Å². The van der Waals surface area contributed by atoms with Crippen molar-refractivity contribution in [2.45, 2.75) is 69.9 Å². The van der Waals surface area contributed by atoms with Gasteiger partial charge in [0.05, 0.1) is 0 Å². The predicted octanol–water partition coefficient (Wildman–Crippen LogP) is 3.67. The van der Waals surface area contributed by atoms with E-state index in [0.717, 1.165) is 50.1 Å². The first-order valence-corrected chi connectivity index (χ1v) is 10.6. The number of amides is 2. The second-order valence-electron chi connectivity index (χ2n) is 8.59. The first-order chi connectivity index (χ1) is 13.3. The van der Waals surface area contributed by atoms with Crippen molar-refractivity contribution in [3.8, 4) is 0 Å². The smallest absolute Gasteiger partial charge is 0.317 e. The van der Waals surface area contributed by atoms with E-state index < -0.39 is 0 Å². The molecule has 27 heavy (non-hydrogen) atoms. The number of hydrogen-bond acceptors (Lipinski definition) is 3. The number of piperidine rings is 1. The molecule has 1 aliphatic heterocycles. The zero-order valence-corrected chi connectivity index (χ0v) is 15.9. The molecule has 2 amide bonds. The number of rotatable bonds is 4. The third-order valence-corrected chi connectivity index (χ3v) is 6.41. The fourth-order valence-electron chi connectivity index (χ4n) is 4.80. The molecule has 6 nitrogen and oxygen atoms in total. The van der Waals surface area contributed by atoms with Gasteiger partial charge in [0.2, 0.25) is 0 Å². The highest BCUT2D eigenvalue weighted by Gasteiger charge is 2.32. The molecule has 1 N–H and O–H groups in total. The minimum absolute atomic E-state index is 0.141. The van der Waals surface area contributed by atoms with Gasteiger partial charge in [0, 0.05) is 37.8 Å². The Bertz CT molecular complexity index is 821. The summed E-state index contributed by atoms with van der Waals surface area (Å²) in [6, 6.07) is 4.56. The van der Waals surface area contributed by atoms with Crippen molar-refractivity contribution in [3.05, 3.63) is 24.2 Å². The summed E-state index contributed by atoms with van der Waals surface area (Å²) in [5.41, 5.74) is 2.01. The van der Waals surface area contributed by atoms with Gasteiger partial charge in [-0.05, 0) is 56.6 Å². The van der Waals surface area contributed by atoms with E-state index in [4.69, 9.17) is 4.98 Å². The number of carbonyl (C=O) groups is 1. The minimum atomic E-state index is 0.141. The van der Waals surface area contributed by atoms with E-state index in [1.807, 2.05) is 17.2 Å². The lowest BCUT2D eigenvalue weighted by Gasteiger charge is -2.34. The molecule has 2 aromatic rings. The van der Waals surface area contributed by atoms with E-state index in [2.05, 4.69) is 20.9 Å². The van der Waals surface area contributed by atoms with Crippen LogP contribution in [-0.4, -0.2) is 44.6 Å². The van der Waals surface area contributed by atoms with Gasteiger partial charge in [-0.1, -0.05) is 12.8 Å². The van der Waals surface area contributed by atoms with Crippen molar-refractivity contribution in [2.24, 2.45) is 5.92 Å². The first-order valence-electron chi connectivity index (χ1n) is 10.6. The summed E-state index contributed by atoms with van der Waals surface area (Å²) >= 11 is 0. The van der Waals surface area contributed by atoms with Crippen LogP contribution in [0.3, 0.4) is 0 Å². The van der Waals surface area contributed by atoms with E-state index in [-0.39, 0.29) is 6.03 Å². The topological polar surface area (TPSA) is 63.1 Å². The highest BCUT2D eigenvalue weighted by Crippen LogP contribution is 2.41. The normalized spacial score (nSPS) is 23.9. The average molecular weight is 367 g/mol. The third-order valence-electron chi connectivity index (χ3n) is 6.41. The molecule has 0 bridgehead atoms. The monoisotopic (exact) mass is 367 g/mol. The van der Waals surface area contributed by atoms with Gasteiger partial charge in [0.25, 0.3) is 0 Å². The van der Waals surface area contributed by atoms with Crippen LogP contribution in [0.1, 0.15) is 63.1 Å². The zero-order chi connectivity index (χ0) is 18.2. The molecule has 3 heterocycles. The van der Waals surface area contributed by atoms with Gasteiger partial charge in [0.15, 0.2) is 5.65 Å². The Kier molecular flexibility index (Phi) is 4.50. The number of nitrogens with zero attached hydrogens (tertiary/aromatic N) is 4. The maximum absolute atomic E-state index is 12.7. The van der Waals surface area contributed by atoms with Gasteiger partial charge < -0.3 is 14.8 Å². The van der Waals surface area contributed by atoms with Crippen LogP contribution < -0.4 is 5.32 Å². The van der Waals surface area contributed by atoms with Gasteiger partial charge in [-0.2, -0.15) is 0 Å². The number of carbonyl (C=O) groups excluding carboxylic acids is 1. The lowest BCUT2D eigenvalue weighted by atomic mass is 9.98. The van der Waals surface area contributed by atoms with Gasteiger partial charge in [-0.15, -0.1) is 0 Å². The van der Waals surface area contributed by atoms with Gasteiger partial charge in [0.1, 0.15) is 11.3 Å². The molecule has 1 atom stereocenters. The molecule has 144 valence electrons. The highest BCUT2D eigenvalue weighted by atomic mass is 16.2. The number of fused-ring (bicyclic) bond motifs is 1. The van der Waals surface area contributed by atoms with Crippen molar-refractivity contribution in [2.75, 3.05) is 13.1 Å². The fourth-order valence-corrected chi connectivity index (χ4v) is 4.80. The molecule has 6 heteroatoms. The molecule has 5 rings (SSSR count). The molecule has 2 saturated carbocycles. The Hall–Kier alpha value is -2.11. The second kappa shape index (κ2) is 7.13. The number of urea groups is 1. The van der Waals surface area contributed by atoms with Crippen LogP contribution in [0.2, 0.25) is 0 Å². The van der Waals surface area contributed by atoms with E-state index in [1.165, 1.54) is 37.9 Å². The third kappa shape index (κ3) is 3.54. The number of hydrogen-bond donors (Lipinski definition) is 1. The Morgan fingerprint density at radius 3 is 2.81 bits per heavy atom. The molecular formula is C21H29N5O. The summed E-state index contributed by atoms with van der Waals surface area (Å²) in [7, 11) is 0. The average Bonchev–Trinajstić information content (AvgIpc) is 3.30. The van der Waals surface area contributed by atoms with E-state index >= 15 is 0 Å². The van der Waals surface area contributed by atoms with E-state index in [0.29, 0.717) is 17.9 Å². The summed E-state index contributed by atoms with van der Waals surface area (Å²) in [5.74, 6) is 2.28. The van der Waals surface area contributed by atoms with Crippen LogP contribution in [0.4, 0.5) is 4.79 Å². The lowest BCUT2D eigenvalue weighted by molar-refractivity contribution is 0.156. The van der Waals surface area contributed by atoms with Crippen molar-refractivity contribution < 1.29 is 4.79 Å².